The molecule has 1 aromatic heterocycles. The number of hydrogen-bond acceptors (Lipinski definition) is 2. The number of nitrogens with one attached hydrogen (secondary N) is 2. The monoisotopic (exact) mass is 311 g/mol. The van der Waals surface area contributed by atoms with Crippen molar-refractivity contribution < 1.29 is 9.18 Å². The molecule has 4 nitrogen and oxygen atoms in total. The summed E-state index contributed by atoms with van der Waals surface area (Å²) in [4.78, 5) is 18.5. The molecule has 0 unspecified atom stereocenters. The van der Waals surface area contributed by atoms with Crippen LogP contribution in [0.1, 0.15) is 16.1 Å². The van der Waals surface area contributed by atoms with Crippen molar-refractivity contribution in [3.63, 3.8) is 0 Å². The molecule has 0 aliphatic rings. The van der Waals surface area contributed by atoms with E-state index in [1.54, 1.807) is 24.7 Å². The molecule has 6 heteroatoms. The Kier molecular flexibility index (Phi) is 4.09. The van der Waals surface area contributed by atoms with Gasteiger partial charge in [-0.15, -0.1) is 0 Å². The van der Waals surface area contributed by atoms with E-state index < -0.39 is 11.7 Å². The van der Waals surface area contributed by atoms with Crippen molar-refractivity contribution in [3.05, 3.63) is 52.3 Å². The van der Waals surface area contributed by atoms with Crippen molar-refractivity contribution in [2.24, 2.45) is 0 Å². The molecule has 2 N–H and O–H groups in total. The van der Waals surface area contributed by atoms with E-state index in [2.05, 4.69) is 31.2 Å². The van der Waals surface area contributed by atoms with Crippen LogP contribution in [0, 0.1) is 5.82 Å². The van der Waals surface area contributed by atoms with Crippen molar-refractivity contribution in [1.29, 1.82) is 0 Å². The molecular formula is C12H11BrFN3O. The number of aromatic nitrogens is 2. The minimum absolute atomic E-state index is 0.0361. The number of benzene rings is 1. The fourth-order valence-electron chi connectivity index (χ4n) is 1.51. The molecule has 0 radical (unpaired) electrons. The maximum absolute atomic E-state index is 13.6. The first-order chi connectivity index (χ1) is 8.68. The molecule has 1 amide bonds. The van der Waals surface area contributed by atoms with Crippen LogP contribution in [0.5, 0.6) is 0 Å². The van der Waals surface area contributed by atoms with Crippen molar-refractivity contribution in [1.82, 2.24) is 15.3 Å². The summed E-state index contributed by atoms with van der Waals surface area (Å²) in [6, 6.07) is 4.62. The van der Waals surface area contributed by atoms with Crippen LogP contribution in [0.15, 0.2) is 35.2 Å². The van der Waals surface area contributed by atoms with Gasteiger partial charge in [-0.1, -0.05) is 6.07 Å². The summed E-state index contributed by atoms with van der Waals surface area (Å²) in [6.45, 7) is 0.424. The molecule has 2 rings (SSSR count). The molecule has 0 aliphatic carbocycles. The smallest absolute Gasteiger partial charge is 0.254 e. The Balaban J connectivity index is 1.93. The van der Waals surface area contributed by atoms with E-state index in [4.69, 9.17) is 0 Å². The zero-order valence-corrected chi connectivity index (χ0v) is 11.0. The number of hydrogen-bond donors (Lipinski definition) is 2. The van der Waals surface area contributed by atoms with Gasteiger partial charge in [0.2, 0.25) is 0 Å². The molecule has 1 aromatic carbocycles. The molecular weight excluding hydrogens is 301 g/mol. The Morgan fingerprint density at radius 2 is 2.33 bits per heavy atom. The van der Waals surface area contributed by atoms with E-state index in [0.717, 1.165) is 5.69 Å². The van der Waals surface area contributed by atoms with Gasteiger partial charge in [-0.3, -0.25) is 4.79 Å². The average molecular weight is 312 g/mol. The lowest BCUT2D eigenvalue weighted by Crippen LogP contribution is -2.26. The van der Waals surface area contributed by atoms with Gasteiger partial charge in [0, 0.05) is 24.9 Å². The lowest BCUT2D eigenvalue weighted by atomic mass is 10.2. The Bertz CT molecular complexity index is 542. The first-order valence-electron chi connectivity index (χ1n) is 5.38. The topological polar surface area (TPSA) is 57.8 Å². The van der Waals surface area contributed by atoms with Crippen LogP contribution in [0.3, 0.4) is 0 Å². The van der Waals surface area contributed by atoms with Crippen molar-refractivity contribution >= 4 is 21.8 Å². The summed E-state index contributed by atoms with van der Waals surface area (Å²) < 4.78 is 13.9. The van der Waals surface area contributed by atoms with Gasteiger partial charge < -0.3 is 10.3 Å². The largest absolute Gasteiger partial charge is 0.352 e. The predicted octanol–water partition coefficient (Wildman–Crippen LogP) is 2.28. The van der Waals surface area contributed by atoms with Gasteiger partial charge >= 0.3 is 0 Å². The first kappa shape index (κ1) is 12.8. The molecule has 0 aliphatic heterocycles. The summed E-state index contributed by atoms with van der Waals surface area (Å²) >= 11 is 3.05. The molecule has 0 bridgehead atoms. The molecule has 2 aromatic rings. The van der Waals surface area contributed by atoms with E-state index in [1.807, 2.05) is 0 Å². The Hall–Kier alpha value is -1.69. The highest BCUT2D eigenvalue weighted by atomic mass is 79.9. The van der Waals surface area contributed by atoms with Gasteiger partial charge in [0.05, 0.1) is 16.4 Å². The van der Waals surface area contributed by atoms with Crippen LogP contribution in [0.4, 0.5) is 4.39 Å². The number of rotatable bonds is 4. The molecule has 1 heterocycles. The summed E-state index contributed by atoms with van der Waals surface area (Å²) in [7, 11) is 0. The highest BCUT2D eigenvalue weighted by molar-refractivity contribution is 9.10. The predicted molar refractivity (Wildman–Crippen MR) is 68.7 cm³/mol. The third-order valence-electron chi connectivity index (χ3n) is 2.43. The number of amides is 1. The molecule has 0 saturated heterocycles. The maximum atomic E-state index is 13.6. The van der Waals surface area contributed by atoms with Crippen LogP contribution in [0.25, 0.3) is 0 Å². The highest BCUT2D eigenvalue weighted by Crippen LogP contribution is 2.18. The second kappa shape index (κ2) is 5.77. The molecule has 94 valence electrons. The SMILES string of the molecule is O=C(NCCc1cnc[nH]1)c1cccc(Br)c1F. The first-order valence-corrected chi connectivity index (χ1v) is 6.17. The summed E-state index contributed by atoms with van der Waals surface area (Å²) in [5, 5.41) is 2.66. The zero-order chi connectivity index (χ0) is 13.0. The number of aromatic amines is 1. The van der Waals surface area contributed by atoms with Crippen LogP contribution < -0.4 is 5.32 Å². The number of nitrogens with zero attached hydrogens (tertiary/aromatic N) is 1. The minimum atomic E-state index is -0.545. The highest BCUT2D eigenvalue weighted by Gasteiger charge is 2.13. The Morgan fingerprint density at radius 1 is 1.50 bits per heavy atom. The summed E-state index contributed by atoms with van der Waals surface area (Å²) in [5.74, 6) is -0.968. The van der Waals surface area contributed by atoms with E-state index in [1.165, 1.54) is 6.07 Å². The number of carbonyl (C=O) groups excluding carboxylic acids is 1. The second-order valence-electron chi connectivity index (χ2n) is 3.68. The number of carbonyl (C=O) groups is 1. The standard InChI is InChI=1S/C12H11BrFN3O/c13-10-3-1-2-9(11(10)14)12(18)16-5-4-8-6-15-7-17-8/h1-3,6-7H,4-5H2,(H,15,17)(H,16,18). The van der Waals surface area contributed by atoms with Gasteiger partial charge in [0.1, 0.15) is 5.82 Å². The number of imidazole rings is 1. The zero-order valence-electron chi connectivity index (χ0n) is 9.41. The Labute approximate surface area is 112 Å². The van der Waals surface area contributed by atoms with Crippen LogP contribution in [-0.4, -0.2) is 22.4 Å². The van der Waals surface area contributed by atoms with Crippen molar-refractivity contribution in [3.8, 4) is 0 Å². The molecule has 0 spiro atoms. The van der Waals surface area contributed by atoms with Gasteiger partial charge in [0.25, 0.3) is 5.91 Å². The maximum Gasteiger partial charge on any atom is 0.254 e. The fraction of sp³-hybridized carbons (Fsp3) is 0.167. The summed E-state index contributed by atoms with van der Waals surface area (Å²) in [5.41, 5.74) is 0.957. The second-order valence-corrected chi connectivity index (χ2v) is 4.54. The lowest BCUT2D eigenvalue weighted by molar-refractivity contribution is 0.0950. The van der Waals surface area contributed by atoms with Crippen molar-refractivity contribution in [2.45, 2.75) is 6.42 Å². The minimum Gasteiger partial charge on any atom is -0.352 e. The van der Waals surface area contributed by atoms with Gasteiger partial charge in [0.15, 0.2) is 0 Å². The number of halogens is 2. The average Bonchev–Trinajstić information content (AvgIpc) is 2.85. The van der Waals surface area contributed by atoms with Crippen LogP contribution >= 0.6 is 15.9 Å². The molecule has 18 heavy (non-hydrogen) atoms. The lowest BCUT2D eigenvalue weighted by Gasteiger charge is -2.06. The Morgan fingerprint density at radius 3 is 3.06 bits per heavy atom. The summed E-state index contributed by atoms with van der Waals surface area (Å²) in [6.07, 6.45) is 3.89. The van der Waals surface area contributed by atoms with Gasteiger partial charge in [-0.05, 0) is 28.1 Å². The third kappa shape index (κ3) is 2.95. The molecule has 0 atom stereocenters. The molecule has 0 fully saturated rings. The normalized spacial score (nSPS) is 10.3. The fourth-order valence-corrected chi connectivity index (χ4v) is 1.87. The van der Waals surface area contributed by atoms with E-state index in [-0.39, 0.29) is 10.0 Å². The van der Waals surface area contributed by atoms with Crippen molar-refractivity contribution in [2.75, 3.05) is 6.54 Å². The van der Waals surface area contributed by atoms with E-state index >= 15 is 0 Å². The van der Waals surface area contributed by atoms with Gasteiger partial charge in [-0.2, -0.15) is 0 Å². The quantitative estimate of drug-likeness (QED) is 0.910. The van der Waals surface area contributed by atoms with Crippen LogP contribution in [0.2, 0.25) is 0 Å². The van der Waals surface area contributed by atoms with Crippen LogP contribution in [-0.2, 0) is 6.42 Å². The van der Waals surface area contributed by atoms with E-state index in [9.17, 15) is 9.18 Å². The van der Waals surface area contributed by atoms with E-state index in [0.29, 0.717) is 13.0 Å². The number of H-pyrrole nitrogens is 1. The third-order valence-corrected chi connectivity index (χ3v) is 3.04. The molecule has 0 saturated carbocycles. The van der Waals surface area contributed by atoms with Gasteiger partial charge in [-0.25, -0.2) is 9.37 Å².